The van der Waals surface area contributed by atoms with Crippen LogP contribution in [0.5, 0.6) is 11.5 Å². The molecule has 0 saturated carbocycles. The fourth-order valence-corrected chi connectivity index (χ4v) is 3.23. The van der Waals surface area contributed by atoms with Gasteiger partial charge in [0.1, 0.15) is 13.2 Å². The summed E-state index contributed by atoms with van der Waals surface area (Å²) in [5.41, 5.74) is 3.18. The van der Waals surface area contributed by atoms with Gasteiger partial charge in [0.05, 0.1) is 12.7 Å². The number of anilines is 1. The third-order valence-corrected chi connectivity index (χ3v) is 4.56. The highest BCUT2D eigenvalue weighted by atomic mass is 16.6. The average molecular weight is 354 g/mol. The highest BCUT2D eigenvalue weighted by Crippen LogP contribution is 2.32. The molecule has 7 nitrogen and oxygen atoms in total. The minimum atomic E-state index is -0.0279. The largest absolute Gasteiger partial charge is 0.486 e. The Kier molecular flexibility index (Phi) is 4.62. The molecule has 0 radical (unpaired) electrons. The zero-order valence-electron chi connectivity index (χ0n) is 14.8. The van der Waals surface area contributed by atoms with Crippen LogP contribution in [0.2, 0.25) is 0 Å². The van der Waals surface area contributed by atoms with E-state index in [9.17, 15) is 4.79 Å². The quantitative estimate of drug-likeness (QED) is 0.908. The summed E-state index contributed by atoms with van der Waals surface area (Å²) in [4.78, 5) is 14.5. The van der Waals surface area contributed by atoms with Crippen LogP contribution in [0.25, 0.3) is 5.57 Å². The maximum Gasteiger partial charge on any atom is 0.238 e. The van der Waals surface area contributed by atoms with Crippen molar-refractivity contribution < 1.29 is 14.3 Å². The maximum absolute atomic E-state index is 12.3. The third kappa shape index (κ3) is 3.72. The van der Waals surface area contributed by atoms with Gasteiger partial charge in [0.15, 0.2) is 11.5 Å². The van der Waals surface area contributed by atoms with Crippen molar-refractivity contribution in [2.24, 2.45) is 7.05 Å². The molecule has 1 amide bonds. The molecule has 1 aromatic heterocycles. The predicted octanol–water partition coefficient (Wildman–Crippen LogP) is 1.92. The summed E-state index contributed by atoms with van der Waals surface area (Å²) in [6, 6.07) is 5.47. The van der Waals surface area contributed by atoms with Crippen molar-refractivity contribution in [3.8, 4) is 11.5 Å². The van der Waals surface area contributed by atoms with Crippen LogP contribution in [0, 0.1) is 0 Å². The van der Waals surface area contributed by atoms with Gasteiger partial charge in [-0.3, -0.25) is 14.4 Å². The Balaban J connectivity index is 1.32. The highest BCUT2D eigenvalue weighted by Gasteiger charge is 2.17. The number of hydrogen-bond donors (Lipinski definition) is 1. The average Bonchev–Trinajstić information content (AvgIpc) is 3.08. The number of aryl methyl sites for hydroxylation is 1. The second-order valence-electron chi connectivity index (χ2n) is 6.52. The summed E-state index contributed by atoms with van der Waals surface area (Å²) in [6.07, 6.45) is 7.01. The topological polar surface area (TPSA) is 68.6 Å². The Labute approximate surface area is 152 Å². The number of amides is 1. The molecule has 1 N–H and O–H groups in total. The van der Waals surface area contributed by atoms with Crippen molar-refractivity contribution in [3.05, 3.63) is 42.2 Å². The van der Waals surface area contributed by atoms with Gasteiger partial charge in [-0.1, -0.05) is 6.08 Å². The van der Waals surface area contributed by atoms with Gasteiger partial charge in [-0.15, -0.1) is 0 Å². The first kappa shape index (κ1) is 16.7. The van der Waals surface area contributed by atoms with E-state index in [1.807, 2.05) is 42.3 Å². The first-order valence-electron chi connectivity index (χ1n) is 8.77. The lowest BCUT2D eigenvalue weighted by Gasteiger charge is -2.25. The molecule has 1 aromatic carbocycles. The Bertz CT molecular complexity index is 843. The summed E-state index contributed by atoms with van der Waals surface area (Å²) < 4.78 is 12.9. The van der Waals surface area contributed by atoms with Crippen LogP contribution in [0.1, 0.15) is 12.0 Å². The number of benzene rings is 1. The van der Waals surface area contributed by atoms with Crippen LogP contribution in [-0.4, -0.2) is 53.4 Å². The van der Waals surface area contributed by atoms with E-state index in [2.05, 4.69) is 21.4 Å². The molecule has 0 saturated heterocycles. The molecule has 136 valence electrons. The highest BCUT2D eigenvalue weighted by molar-refractivity contribution is 5.92. The Morgan fingerprint density at radius 1 is 1.27 bits per heavy atom. The fourth-order valence-electron chi connectivity index (χ4n) is 3.23. The SMILES string of the molecule is Cn1cc(C2=CCN(CC(=O)Nc3ccc4c(c3)OCCO4)CC2)cn1. The summed E-state index contributed by atoms with van der Waals surface area (Å²) in [6.45, 7) is 3.07. The number of carbonyl (C=O) groups excluding carboxylic acids is 1. The molecule has 2 aromatic rings. The maximum atomic E-state index is 12.3. The van der Waals surface area contributed by atoms with Gasteiger partial charge in [0, 0.05) is 43.7 Å². The number of hydrogen-bond acceptors (Lipinski definition) is 5. The van der Waals surface area contributed by atoms with Gasteiger partial charge < -0.3 is 14.8 Å². The van der Waals surface area contributed by atoms with Crippen molar-refractivity contribution in [2.75, 3.05) is 38.2 Å². The number of aromatic nitrogens is 2. The van der Waals surface area contributed by atoms with Crippen LogP contribution >= 0.6 is 0 Å². The molecule has 2 aliphatic rings. The lowest BCUT2D eigenvalue weighted by molar-refractivity contribution is -0.117. The van der Waals surface area contributed by atoms with E-state index in [1.165, 1.54) is 5.57 Å². The van der Waals surface area contributed by atoms with Gasteiger partial charge in [-0.25, -0.2) is 0 Å². The molecule has 0 fully saturated rings. The van der Waals surface area contributed by atoms with Crippen LogP contribution in [0.4, 0.5) is 5.69 Å². The molecule has 0 atom stereocenters. The summed E-state index contributed by atoms with van der Waals surface area (Å²) in [7, 11) is 1.92. The van der Waals surface area contributed by atoms with Gasteiger partial charge in [0.25, 0.3) is 0 Å². The predicted molar refractivity (Wildman–Crippen MR) is 98.3 cm³/mol. The van der Waals surface area contributed by atoms with E-state index in [0.29, 0.717) is 25.5 Å². The van der Waals surface area contributed by atoms with E-state index in [-0.39, 0.29) is 5.91 Å². The lowest BCUT2D eigenvalue weighted by Crippen LogP contribution is -2.36. The third-order valence-electron chi connectivity index (χ3n) is 4.56. The smallest absolute Gasteiger partial charge is 0.238 e. The number of ether oxygens (including phenoxy) is 2. The van der Waals surface area contributed by atoms with E-state index in [0.717, 1.165) is 36.5 Å². The molecular formula is C19H22N4O3. The van der Waals surface area contributed by atoms with Crippen LogP contribution in [0.15, 0.2) is 36.7 Å². The summed E-state index contributed by atoms with van der Waals surface area (Å²) in [5, 5.41) is 7.15. The Morgan fingerprint density at radius 3 is 2.85 bits per heavy atom. The molecule has 4 rings (SSSR count). The standard InChI is InChI=1S/C19H22N4O3/c1-22-12-15(11-20-22)14-4-6-23(7-5-14)13-19(24)21-16-2-3-17-18(10-16)26-9-8-25-17/h2-4,10-12H,5-9,13H2,1H3,(H,21,24). The molecule has 26 heavy (non-hydrogen) atoms. The van der Waals surface area contributed by atoms with Crippen molar-refractivity contribution in [3.63, 3.8) is 0 Å². The molecule has 0 bridgehead atoms. The molecule has 2 aliphatic heterocycles. The zero-order chi connectivity index (χ0) is 17.9. The molecular weight excluding hydrogens is 332 g/mol. The fraction of sp³-hybridized carbons (Fsp3) is 0.368. The number of nitrogens with one attached hydrogen (secondary N) is 1. The van der Waals surface area contributed by atoms with Crippen molar-refractivity contribution in [1.29, 1.82) is 0 Å². The lowest BCUT2D eigenvalue weighted by atomic mass is 10.0. The minimum Gasteiger partial charge on any atom is -0.486 e. The minimum absolute atomic E-state index is 0.0279. The molecule has 7 heteroatoms. The van der Waals surface area contributed by atoms with Crippen molar-refractivity contribution >= 4 is 17.2 Å². The van der Waals surface area contributed by atoms with Gasteiger partial charge in [-0.2, -0.15) is 5.10 Å². The second-order valence-corrected chi connectivity index (χ2v) is 6.52. The van der Waals surface area contributed by atoms with Crippen LogP contribution in [0.3, 0.4) is 0 Å². The van der Waals surface area contributed by atoms with Crippen molar-refractivity contribution in [1.82, 2.24) is 14.7 Å². The number of nitrogens with zero attached hydrogens (tertiary/aromatic N) is 3. The number of fused-ring (bicyclic) bond motifs is 1. The molecule has 3 heterocycles. The van der Waals surface area contributed by atoms with Gasteiger partial charge in [-0.05, 0) is 24.1 Å². The van der Waals surface area contributed by atoms with E-state index < -0.39 is 0 Å². The van der Waals surface area contributed by atoms with E-state index in [4.69, 9.17) is 9.47 Å². The first-order chi connectivity index (χ1) is 12.7. The number of carbonyl (C=O) groups is 1. The Hall–Kier alpha value is -2.80. The van der Waals surface area contributed by atoms with Crippen LogP contribution < -0.4 is 14.8 Å². The summed E-state index contributed by atoms with van der Waals surface area (Å²) >= 11 is 0. The molecule has 0 aliphatic carbocycles. The Morgan fingerprint density at radius 2 is 2.12 bits per heavy atom. The van der Waals surface area contributed by atoms with E-state index >= 15 is 0 Å². The number of rotatable bonds is 4. The first-order valence-corrected chi connectivity index (χ1v) is 8.77. The molecule has 0 unspecified atom stereocenters. The zero-order valence-corrected chi connectivity index (χ0v) is 14.8. The van der Waals surface area contributed by atoms with Crippen LogP contribution in [-0.2, 0) is 11.8 Å². The second kappa shape index (κ2) is 7.21. The molecule has 0 spiro atoms. The van der Waals surface area contributed by atoms with Gasteiger partial charge >= 0.3 is 0 Å². The van der Waals surface area contributed by atoms with Gasteiger partial charge in [0.2, 0.25) is 5.91 Å². The monoisotopic (exact) mass is 354 g/mol. The normalized spacial score (nSPS) is 16.9. The summed E-state index contributed by atoms with van der Waals surface area (Å²) in [5.74, 6) is 1.37. The van der Waals surface area contributed by atoms with Crippen molar-refractivity contribution in [2.45, 2.75) is 6.42 Å². The van der Waals surface area contributed by atoms with E-state index in [1.54, 1.807) is 0 Å².